The summed E-state index contributed by atoms with van der Waals surface area (Å²) < 4.78 is 7.72. The Kier molecular flexibility index (Phi) is 8.56. The Morgan fingerprint density at radius 3 is 2.17 bits per heavy atom. The second kappa shape index (κ2) is 12.6. The zero-order chi connectivity index (χ0) is 28.2. The van der Waals surface area contributed by atoms with Crippen molar-refractivity contribution in [1.82, 2.24) is 24.2 Å². The second-order valence-electron chi connectivity index (χ2n) is 11.6. The number of carbonyl (C=O) groups excluding carboxylic acids is 1. The van der Waals surface area contributed by atoms with E-state index in [2.05, 4.69) is 74.8 Å². The summed E-state index contributed by atoms with van der Waals surface area (Å²) in [5.74, 6) is 1.04. The van der Waals surface area contributed by atoms with Gasteiger partial charge in [-0.15, -0.1) is 0 Å². The van der Waals surface area contributed by atoms with E-state index in [0.29, 0.717) is 0 Å². The Hall–Kier alpha value is -3.39. The second-order valence-corrected chi connectivity index (χ2v) is 11.6. The van der Waals surface area contributed by atoms with Crippen molar-refractivity contribution < 1.29 is 9.53 Å². The van der Waals surface area contributed by atoms with Crippen LogP contribution in [0.4, 0.5) is 0 Å². The van der Waals surface area contributed by atoms with Crippen LogP contribution >= 0.6 is 0 Å². The number of hydrogen-bond donors (Lipinski definition) is 0. The SMILES string of the molecule is COc1ccc(CCN2CCN(C(=O)c3ccc4c(c3)c3ccccc3n4CCCN3CCN(C)CC3)CC2)cc1. The maximum Gasteiger partial charge on any atom is 0.253 e. The van der Waals surface area contributed by atoms with E-state index >= 15 is 0 Å². The van der Waals surface area contributed by atoms with Crippen molar-refractivity contribution in [2.45, 2.75) is 19.4 Å². The lowest BCUT2D eigenvalue weighted by Gasteiger charge is -2.34. The highest BCUT2D eigenvalue weighted by Gasteiger charge is 2.23. The molecule has 41 heavy (non-hydrogen) atoms. The predicted molar refractivity (Wildman–Crippen MR) is 167 cm³/mol. The number of aryl methyl sites for hydroxylation is 1. The summed E-state index contributed by atoms with van der Waals surface area (Å²) in [4.78, 5) is 23.1. The van der Waals surface area contributed by atoms with Gasteiger partial charge >= 0.3 is 0 Å². The monoisotopic (exact) mass is 553 g/mol. The van der Waals surface area contributed by atoms with Gasteiger partial charge in [0.15, 0.2) is 0 Å². The van der Waals surface area contributed by atoms with E-state index in [0.717, 1.165) is 96.1 Å². The van der Waals surface area contributed by atoms with E-state index in [1.54, 1.807) is 7.11 Å². The number of piperazine rings is 2. The Morgan fingerprint density at radius 2 is 1.41 bits per heavy atom. The lowest BCUT2D eigenvalue weighted by molar-refractivity contribution is 0.0638. The molecular formula is C34H43N5O2. The lowest BCUT2D eigenvalue weighted by atomic mass is 10.1. The molecule has 0 N–H and O–H groups in total. The molecule has 7 nitrogen and oxygen atoms in total. The minimum absolute atomic E-state index is 0.147. The highest BCUT2D eigenvalue weighted by Crippen LogP contribution is 2.30. The summed E-state index contributed by atoms with van der Waals surface area (Å²) in [5, 5.41) is 2.42. The van der Waals surface area contributed by atoms with Crippen molar-refractivity contribution in [3.63, 3.8) is 0 Å². The molecule has 1 aromatic heterocycles. The summed E-state index contributed by atoms with van der Waals surface area (Å²) in [6, 6.07) is 23.3. The van der Waals surface area contributed by atoms with Crippen LogP contribution in [0, 0.1) is 0 Å². The highest BCUT2D eigenvalue weighted by atomic mass is 16.5. The molecule has 0 saturated carbocycles. The zero-order valence-electron chi connectivity index (χ0n) is 24.6. The van der Waals surface area contributed by atoms with Crippen molar-refractivity contribution in [3.05, 3.63) is 77.9 Å². The van der Waals surface area contributed by atoms with E-state index in [9.17, 15) is 4.79 Å². The van der Waals surface area contributed by atoms with Crippen molar-refractivity contribution in [3.8, 4) is 5.75 Å². The average Bonchev–Trinajstić information content (AvgIpc) is 3.34. The molecule has 2 saturated heterocycles. The van der Waals surface area contributed by atoms with Crippen LogP contribution in [-0.4, -0.2) is 110 Å². The number of amides is 1. The largest absolute Gasteiger partial charge is 0.497 e. The van der Waals surface area contributed by atoms with Crippen LogP contribution < -0.4 is 4.74 Å². The fraction of sp³-hybridized carbons (Fsp3) is 0.441. The van der Waals surface area contributed by atoms with Gasteiger partial charge in [-0.25, -0.2) is 0 Å². The van der Waals surface area contributed by atoms with E-state index < -0.39 is 0 Å². The number of aromatic nitrogens is 1. The molecule has 2 fully saturated rings. The Bertz CT molecular complexity index is 1460. The molecular weight excluding hydrogens is 510 g/mol. The topological polar surface area (TPSA) is 44.2 Å². The molecule has 216 valence electrons. The van der Waals surface area contributed by atoms with Gasteiger partial charge < -0.3 is 24.0 Å². The molecule has 2 aliphatic heterocycles. The molecule has 0 spiro atoms. The van der Waals surface area contributed by atoms with Crippen LogP contribution in [0.25, 0.3) is 21.8 Å². The standard InChI is InChI=1S/C34H43N5O2/c1-35-18-20-36(21-19-35)15-5-16-39-32-7-4-3-6-30(32)31-26-28(10-13-33(31)39)34(40)38-24-22-37(23-25-38)17-14-27-8-11-29(41-2)12-9-27/h3-4,6-13,26H,5,14-25H2,1-2H3. The van der Waals surface area contributed by atoms with Gasteiger partial charge in [0.25, 0.3) is 5.91 Å². The number of likely N-dealkylation sites (N-methyl/N-ethyl adjacent to an activating group) is 1. The van der Waals surface area contributed by atoms with E-state index in [1.807, 2.05) is 23.1 Å². The van der Waals surface area contributed by atoms with Gasteiger partial charge in [-0.05, 0) is 68.4 Å². The Labute approximate surface area is 243 Å². The van der Waals surface area contributed by atoms with Crippen LogP contribution in [0.1, 0.15) is 22.3 Å². The maximum absolute atomic E-state index is 13.6. The molecule has 3 heterocycles. The summed E-state index contributed by atoms with van der Waals surface area (Å²) in [7, 11) is 3.91. The van der Waals surface area contributed by atoms with Gasteiger partial charge in [-0.3, -0.25) is 9.69 Å². The van der Waals surface area contributed by atoms with E-state index in [4.69, 9.17) is 4.74 Å². The van der Waals surface area contributed by atoms with Gasteiger partial charge in [0.05, 0.1) is 7.11 Å². The summed E-state index contributed by atoms with van der Waals surface area (Å²) in [6.07, 6.45) is 2.13. The summed E-state index contributed by atoms with van der Waals surface area (Å²) in [6.45, 7) is 11.1. The predicted octanol–water partition coefficient (Wildman–Crippen LogP) is 4.44. The minimum atomic E-state index is 0.147. The third kappa shape index (κ3) is 6.27. The van der Waals surface area contributed by atoms with Crippen LogP contribution in [0.5, 0.6) is 5.75 Å². The molecule has 0 radical (unpaired) electrons. The zero-order valence-corrected chi connectivity index (χ0v) is 24.6. The van der Waals surface area contributed by atoms with Crippen LogP contribution in [0.3, 0.4) is 0 Å². The average molecular weight is 554 g/mol. The number of nitrogens with zero attached hydrogens (tertiary/aromatic N) is 5. The number of methoxy groups -OCH3 is 1. The normalized spacial score (nSPS) is 17.5. The molecule has 4 aromatic rings. The van der Waals surface area contributed by atoms with Crippen molar-refractivity contribution in [2.75, 3.05) is 79.6 Å². The molecule has 3 aromatic carbocycles. The van der Waals surface area contributed by atoms with Crippen LogP contribution in [0.15, 0.2) is 66.7 Å². The van der Waals surface area contributed by atoms with Crippen LogP contribution in [-0.2, 0) is 13.0 Å². The number of rotatable bonds is 9. The molecule has 0 unspecified atom stereocenters. The number of fused-ring (bicyclic) bond motifs is 3. The molecule has 0 bridgehead atoms. The van der Waals surface area contributed by atoms with Gasteiger partial charge in [-0.1, -0.05) is 30.3 Å². The smallest absolute Gasteiger partial charge is 0.253 e. The number of para-hydroxylation sites is 1. The van der Waals surface area contributed by atoms with Gasteiger partial charge in [0, 0.05) is 92.8 Å². The summed E-state index contributed by atoms with van der Waals surface area (Å²) in [5.41, 5.74) is 4.60. The molecule has 0 aliphatic carbocycles. The first-order chi connectivity index (χ1) is 20.1. The van der Waals surface area contributed by atoms with E-state index in [-0.39, 0.29) is 5.91 Å². The van der Waals surface area contributed by atoms with Crippen molar-refractivity contribution in [2.24, 2.45) is 0 Å². The molecule has 1 amide bonds. The Balaban J connectivity index is 1.09. The molecule has 6 rings (SSSR count). The quantitative estimate of drug-likeness (QED) is 0.307. The first-order valence-electron chi connectivity index (χ1n) is 15.2. The summed E-state index contributed by atoms with van der Waals surface area (Å²) >= 11 is 0. The van der Waals surface area contributed by atoms with Gasteiger partial charge in [0.2, 0.25) is 0 Å². The number of carbonyl (C=O) groups is 1. The molecule has 7 heteroatoms. The number of hydrogen-bond acceptors (Lipinski definition) is 5. The lowest BCUT2D eigenvalue weighted by Crippen LogP contribution is -2.49. The van der Waals surface area contributed by atoms with E-state index in [1.165, 1.54) is 27.4 Å². The minimum Gasteiger partial charge on any atom is -0.497 e. The van der Waals surface area contributed by atoms with Gasteiger partial charge in [-0.2, -0.15) is 0 Å². The van der Waals surface area contributed by atoms with Crippen molar-refractivity contribution in [1.29, 1.82) is 0 Å². The number of benzene rings is 3. The number of ether oxygens (including phenoxy) is 1. The highest BCUT2D eigenvalue weighted by molar-refractivity contribution is 6.10. The maximum atomic E-state index is 13.6. The molecule has 0 atom stereocenters. The first kappa shape index (κ1) is 27.8. The molecule has 2 aliphatic rings. The Morgan fingerprint density at radius 1 is 0.732 bits per heavy atom. The first-order valence-corrected chi connectivity index (χ1v) is 15.2. The third-order valence-electron chi connectivity index (χ3n) is 9.01. The fourth-order valence-electron chi connectivity index (χ4n) is 6.39. The van der Waals surface area contributed by atoms with Crippen molar-refractivity contribution >= 4 is 27.7 Å². The van der Waals surface area contributed by atoms with Crippen LogP contribution in [0.2, 0.25) is 0 Å². The third-order valence-corrected chi connectivity index (χ3v) is 9.01. The fourth-order valence-corrected chi connectivity index (χ4v) is 6.39. The van der Waals surface area contributed by atoms with Gasteiger partial charge in [0.1, 0.15) is 5.75 Å².